The maximum absolute atomic E-state index is 13.5. The summed E-state index contributed by atoms with van der Waals surface area (Å²) in [7, 11) is 0. The van der Waals surface area contributed by atoms with Crippen LogP contribution in [0.5, 0.6) is 0 Å². The van der Waals surface area contributed by atoms with Crippen LogP contribution in [0.4, 0.5) is 11.4 Å². The molecule has 1 aliphatic heterocycles. The van der Waals surface area contributed by atoms with Gasteiger partial charge < -0.3 is 16.0 Å². The number of hydrogen-bond acceptors (Lipinski definition) is 6. The van der Waals surface area contributed by atoms with Crippen LogP contribution < -0.4 is 16.0 Å². The van der Waals surface area contributed by atoms with Crippen LogP contribution in [-0.4, -0.2) is 17.6 Å². The lowest BCUT2D eigenvalue weighted by Gasteiger charge is -2.29. The van der Waals surface area contributed by atoms with Crippen LogP contribution in [0, 0.1) is 25.2 Å². The van der Waals surface area contributed by atoms with Crippen molar-refractivity contribution >= 4 is 57.9 Å². The lowest BCUT2D eigenvalue weighted by Crippen LogP contribution is -2.31. The third kappa shape index (κ3) is 5.91. The van der Waals surface area contributed by atoms with E-state index in [2.05, 4.69) is 22.0 Å². The van der Waals surface area contributed by atoms with Gasteiger partial charge in [0, 0.05) is 32.5 Å². The van der Waals surface area contributed by atoms with Gasteiger partial charge in [-0.2, -0.15) is 5.26 Å². The molecule has 0 fully saturated rings. The number of allylic oxidation sites excluding steroid dienone is 2. The van der Waals surface area contributed by atoms with Crippen LogP contribution in [0.15, 0.2) is 81.8 Å². The second-order valence-electron chi connectivity index (χ2n) is 8.49. The molecule has 2 heterocycles. The quantitative estimate of drug-likeness (QED) is 0.304. The molecular formula is C28H25ClN4O2S2. The topological polar surface area (TPSA) is 94.0 Å². The molecular weight excluding hydrogens is 524 g/mol. The fraction of sp³-hybridized carbons (Fsp3) is 0.179. The molecule has 3 N–H and O–H groups in total. The largest absolute Gasteiger partial charge is 0.353 e. The zero-order valence-corrected chi connectivity index (χ0v) is 22.9. The van der Waals surface area contributed by atoms with Crippen molar-refractivity contribution in [2.75, 3.05) is 16.4 Å². The van der Waals surface area contributed by atoms with E-state index in [0.29, 0.717) is 38.3 Å². The second-order valence-corrected chi connectivity index (χ2v) is 10.9. The average molecular weight is 549 g/mol. The minimum Gasteiger partial charge on any atom is -0.353 e. The van der Waals surface area contributed by atoms with Crippen LogP contribution in [0.25, 0.3) is 0 Å². The maximum Gasteiger partial charge on any atom is 0.254 e. The van der Waals surface area contributed by atoms with Crippen LogP contribution in [0.3, 0.4) is 0 Å². The molecule has 37 heavy (non-hydrogen) atoms. The fourth-order valence-electron chi connectivity index (χ4n) is 4.04. The summed E-state index contributed by atoms with van der Waals surface area (Å²) in [5.74, 6) is -0.965. The Morgan fingerprint density at radius 1 is 1.05 bits per heavy atom. The minimum atomic E-state index is -0.545. The van der Waals surface area contributed by atoms with Gasteiger partial charge in [-0.3, -0.25) is 9.59 Å². The van der Waals surface area contributed by atoms with Gasteiger partial charge in [0.15, 0.2) is 0 Å². The van der Waals surface area contributed by atoms with E-state index < -0.39 is 5.92 Å². The van der Waals surface area contributed by atoms with Gasteiger partial charge in [0.25, 0.3) is 5.91 Å². The van der Waals surface area contributed by atoms with Gasteiger partial charge in [-0.1, -0.05) is 53.7 Å². The van der Waals surface area contributed by atoms with Gasteiger partial charge in [-0.15, -0.1) is 11.3 Å². The molecule has 0 unspecified atom stereocenters. The smallest absolute Gasteiger partial charge is 0.254 e. The predicted molar refractivity (Wildman–Crippen MR) is 153 cm³/mol. The molecule has 0 bridgehead atoms. The molecule has 0 spiro atoms. The van der Waals surface area contributed by atoms with Crippen molar-refractivity contribution in [2.45, 2.75) is 26.7 Å². The number of hydrogen-bond donors (Lipinski definition) is 3. The number of para-hydroxylation sites is 1. The highest BCUT2D eigenvalue weighted by Crippen LogP contribution is 2.42. The molecule has 1 aromatic heterocycles. The van der Waals surface area contributed by atoms with Crippen LogP contribution >= 0.6 is 34.7 Å². The van der Waals surface area contributed by atoms with Crippen molar-refractivity contribution in [3.05, 3.63) is 103 Å². The minimum absolute atomic E-state index is 0.0780. The number of carbonyl (C=O) groups is 2. The van der Waals surface area contributed by atoms with Crippen molar-refractivity contribution in [1.29, 1.82) is 5.26 Å². The summed E-state index contributed by atoms with van der Waals surface area (Å²) >= 11 is 8.88. The van der Waals surface area contributed by atoms with E-state index >= 15 is 0 Å². The summed E-state index contributed by atoms with van der Waals surface area (Å²) < 4.78 is 0. The Balaban J connectivity index is 1.59. The molecule has 2 amide bonds. The van der Waals surface area contributed by atoms with E-state index in [0.717, 1.165) is 16.0 Å². The Morgan fingerprint density at radius 2 is 1.81 bits per heavy atom. The molecule has 1 atom stereocenters. The lowest BCUT2D eigenvalue weighted by atomic mass is 9.86. The molecule has 6 nitrogen and oxygen atoms in total. The van der Waals surface area contributed by atoms with Crippen molar-refractivity contribution in [3.63, 3.8) is 0 Å². The van der Waals surface area contributed by atoms with E-state index in [-0.39, 0.29) is 17.6 Å². The van der Waals surface area contributed by atoms with E-state index in [9.17, 15) is 14.9 Å². The number of amides is 2. The van der Waals surface area contributed by atoms with Gasteiger partial charge >= 0.3 is 0 Å². The molecule has 2 aromatic carbocycles. The summed E-state index contributed by atoms with van der Waals surface area (Å²) in [4.78, 5) is 27.1. The highest BCUT2D eigenvalue weighted by atomic mass is 35.5. The first-order valence-corrected chi connectivity index (χ1v) is 13.7. The summed E-state index contributed by atoms with van der Waals surface area (Å²) in [5, 5.41) is 22.4. The molecule has 0 saturated heterocycles. The van der Waals surface area contributed by atoms with E-state index in [4.69, 9.17) is 11.6 Å². The van der Waals surface area contributed by atoms with Crippen molar-refractivity contribution in [3.8, 4) is 6.07 Å². The Labute approximate surface area is 229 Å². The van der Waals surface area contributed by atoms with Gasteiger partial charge in [0.05, 0.1) is 28.3 Å². The van der Waals surface area contributed by atoms with Crippen LogP contribution in [-0.2, 0) is 9.59 Å². The number of thiophene rings is 1. The standard InChI is InChI=1S/C28H25ClN4O2S2/c1-16-8-4-5-10-21(16)33-27(35)25-18(3)31-28(19(14-30)26(25)23-12-7-13-36-23)37-15-24(34)32-22-11-6-9-20(29)17(22)2/h4-13,26,31H,15H2,1-3H3,(H,32,34)(H,33,35)/t26-/m1/s1. The first-order chi connectivity index (χ1) is 17.8. The first-order valence-electron chi connectivity index (χ1n) is 11.5. The SMILES string of the molecule is CC1=C(C(=O)Nc2ccccc2C)[C@@H](c2cccs2)C(C#N)=C(SCC(=O)Nc2cccc(Cl)c2C)N1. The Kier molecular flexibility index (Phi) is 8.39. The number of nitrogens with one attached hydrogen (secondary N) is 3. The number of nitrogens with zero attached hydrogens (tertiary/aromatic N) is 1. The van der Waals surface area contributed by atoms with Gasteiger partial charge in [0.1, 0.15) is 0 Å². The Bertz CT molecular complexity index is 1460. The van der Waals surface area contributed by atoms with Crippen molar-refractivity contribution in [1.82, 2.24) is 5.32 Å². The summed E-state index contributed by atoms with van der Waals surface area (Å²) in [6, 6.07) is 19.0. The van der Waals surface area contributed by atoms with Gasteiger partial charge in [-0.05, 0) is 61.5 Å². The number of nitriles is 1. The number of anilines is 2. The third-order valence-corrected chi connectivity index (χ3v) is 8.37. The monoisotopic (exact) mass is 548 g/mol. The predicted octanol–water partition coefficient (Wildman–Crippen LogP) is 6.72. The zero-order chi connectivity index (χ0) is 26.5. The number of benzene rings is 2. The second kappa shape index (κ2) is 11.7. The van der Waals surface area contributed by atoms with Crippen molar-refractivity contribution in [2.24, 2.45) is 0 Å². The highest BCUT2D eigenvalue weighted by Gasteiger charge is 2.35. The molecule has 188 valence electrons. The number of dihydropyridines is 1. The van der Waals surface area contributed by atoms with E-state index in [1.807, 2.05) is 62.5 Å². The average Bonchev–Trinajstić information content (AvgIpc) is 3.41. The molecule has 0 radical (unpaired) electrons. The molecule has 1 aliphatic rings. The summed E-state index contributed by atoms with van der Waals surface area (Å²) in [6.07, 6.45) is 0. The number of rotatable bonds is 7. The number of aryl methyl sites for hydroxylation is 1. The van der Waals surface area contributed by atoms with Crippen molar-refractivity contribution < 1.29 is 9.59 Å². The molecule has 3 aromatic rings. The normalized spacial score (nSPS) is 15.2. The van der Waals surface area contributed by atoms with Gasteiger partial charge in [-0.25, -0.2) is 0 Å². The fourth-order valence-corrected chi connectivity index (χ4v) is 5.95. The molecule has 4 rings (SSSR count). The van der Waals surface area contributed by atoms with Crippen LogP contribution in [0.2, 0.25) is 5.02 Å². The van der Waals surface area contributed by atoms with E-state index in [1.54, 1.807) is 18.2 Å². The number of carbonyl (C=O) groups excluding carboxylic acids is 2. The highest BCUT2D eigenvalue weighted by molar-refractivity contribution is 8.03. The lowest BCUT2D eigenvalue weighted by molar-refractivity contribution is -0.114. The molecule has 9 heteroatoms. The summed E-state index contributed by atoms with van der Waals surface area (Å²) in [6.45, 7) is 5.59. The number of halogens is 1. The van der Waals surface area contributed by atoms with Crippen LogP contribution in [0.1, 0.15) is 28.8 Å². The maximum atomic E-state index is 13.5. The van der Waals surface area contributed by atoms with Gasteiger partial charge in [0.2, 0.25) is 5.91 Å². The Morgan fingerprint density at radius 3 is 2.51 bits per heavy atom. The zero-order valence-electron chi connectivity index (χ0n) is 20.5. The number of thioether (sulfide) groups is 1. The third-order valence-electron chi connectivity index (χ3n) is 6.00. The molecule has 0 saturated carbocycles. The summed E-state index contributed by atoms with van der Waals surface area (Å²) in [5.41, 5.74) is 4.61. The Hall–Kier alpha value is -3.51. The molecule has 0 aliphatic carbocycles. The first kappa shape index (κ1) is 26.6. The van der Waals surface area contributed by atoms with E-state index in [1.165, 1.54) is 23.1 Å².